The normalized spacial score (nSPS) is 12.2. The predicted octanol–water partition coefficient (Wildman–Crippen LogP) is 2.11. The van der Waals surface area contributed by atoms with Gasteiger partial charge in [-0.2, -0.15) is 0 Å². The van der Waals surface area contributed by atoms with Gasteiger partial charge in [0.25, 0.3) is 5.56 Å². The molecule has 3 N–H and O–H groups in total. The number of nitrogens with one attached hydrogen (secondary N) is 1. The van der Waals surface area contributed by atoms with Crippen LogP contribution in [0.4, 0.5) is 0 Å². The standard InChI is InChI=1S/C21H19N3O4/c25-11-16(26)12-28-17-8-6-14(7-9-17)18-10-24(15-4-2-1-3-5-15)20-19(18)22-13-23-21(20)27/h1-10,13,16,25-26H,11-12H2,(H,22,23,27). The summed E-state index contributed by atoms with van der Waals surface area (Å²) in [5.74, 6) is 0.578. The third-order valence-electron chi connectivity index (χ3n) is 4.44. The van der Waals surface area contributed by atoms with Crippen molar-refractivity contribution in [2.24, 2.45) is 0 Å². The van der Waals surface area contributed by atoms with Crippen LogP contribution in [0.2, 0.25) is 0 Å². The molecular formula is C21H19N3O4. The Hall–Kier alpha value is -3.42. The number of aromatic nitrogens is 3. The van der Waals surface area contributed by atoms with E-state index >= 15 is 0 Å². The van der Waals surface area contributed by atoms with Crippen molar-refractivity contribution in [1.82, 2.24) is 14.5 Å². The molecule has 0 amide bonds. The Morgan fingerprint density at radius 1 is 1.11 bits per heavy atom. The van der Waals surface area contributed by atoms with E-state index in [4.69, 9.17) is 9.84 Å². The zero-order chi connectivity index (χ0) is 19.5. The average molecular weight is 377 g/mol. The maximum absolute atomic E-state index is 12.5. The number of hydrogen-bond donors (Lipinski definition) is 3. The van der Waals surface area contributed by atoms with E-state index in [0.717, 1.165) is 16.8 Å². The quantitative estimate of drug-likeness (QED) is 0.478. The Kier molecular flexibility index (Phi) is 4.92. The fourth-order valence-corrected chi connectivity index (χ4v) is 3.05. The maximum atomic E-state index is 12.5. The Bertz CT molecular complexity index is 1130. The summed E-state index contributed by atoms with van der Waals surface area (Å²) in [5.41, 5.74) is 3.46. The predicted molar refractivity (Wildman–Crippen MR) is 106 cm³/mol. The molecule has 2 aromatic carbocycles. The molecule has 4 aromatic rings. The first kappa shape index (κ1) is 18.0. The minimum Gasteiger partial charge on any atom is -0.491 e. The molecule has 7 nitrogen and oxygen atoms in total. The van der Waals surface area contributed by atoms with Crippen LogP contribution in [0.15, 0.2) is 71.9 Å². The van der Waals surface area contributed by atoms with Gasteiger partial charge in [0.1, 0.15) is 29.5 Å². The molecule has 2 aromatic heterocycles. The topological polar surface area (TPSA) is 100 Å². The summed E-state index contributed by atoms with van der Waals surface area (Å²) in [6, 6.07) is 16.9. The second-order valence-corrected chi connectivity index (χ2v) is 6.35. The summed E-state index contributed by atoms with van der Waals surface area (Å²) in [4.78, 5) is 19.5. The van der Waals surface area contributed by atoms with Gasteiger partial charge in [0.15, 0.2) is 0 Å². The van der Waals surface area contributed by atoms with Gasteiger partial charge < -0.3 is 24.5 Å². The fraction of sp³-hybridized carbons (Fsp3) is 0.143. The highest BCUT2D eigenvalue weighted by molar-refractivity contribution is 5.93. The summed E-state index contributed by atoms with van der Waals surface area (Å²) in [6.07, 6.45) is 2.38. The lowest BCUT2D eigenvalue weighted by atomic mass is 10.1. The molecule has 0 radical (unpaired) electrons. The van der Waals surface area contributed by atoms with Crippen LogP contribution < -0.4 is 10.3 Å². The molecule has 7 heteroatoms. The van der Waals surface area contributed by atoms with Crippen LogP contribution in [0.3, 0.4) is 0 Å². The molecule has 0 aliphatic rings. The first-order chi connectivity index (χ1) is 13.7. The first-order valence-corrected chi connectivity index (χ1v) is 8.83. The lowest BCUT2D eigenvalue weighted by molar-refractivity contribution is 0.0536. The van der Waals surface area contributed by atoms with Crippen LogP contribution in [0, 0.1) is 0 Å². The number of ether oxygens (including phenoxy) is 1. The van der Waals surface area contributed by atoms with Crippen LogP contribution in [0.5, 0.6) is 5.75 Å². The van der Waals surface area contributed by atoms with E-state index in [1.54, 1.807) is 12.1 Å². The Morgan fingerprint density at radius 3 is 2.57 bits per heavy atom. The van der Waals surface area contributed by atoms with Crippen LogP contribution in [-0.4, -0.2) is 44.1 Å². The van der Waals surface area contributed by atoms with Crippen molar-refractivity contribution in [3.63, 3.8) is 0 Å². The molecule has 0 saturated carbocycles. The summed E-state index contributed by atoms with van der Waals surface area (Å²) in [6.45, 7) is -0.336. The van der Waals surface area contributed by atoms with E-state index in [1.165, 1.54) is 6.33 Å². The van der Waals surface area contributed by atoms with E-state index in [1.807, 2.05) is 53.2 Å². The van der Waals surface area contributed by atoms with Crippen LogP contribution >= 0.6 is 0 Å². The number of benzene rings is 2. The van der Waals surface area contributed by atoms with Gasteiger partial charge in [-0.05, 0) is 29.8 Å². The summed E-state index contributed by atoms with van der Waals surface area (Å²) in [5, 5.41) is 18.2. The SMILES string of the molecule is O=c1[nH]cnc2c(-c3ccc(OCC(O)CO)cc3)cn(-c3ccccc3)c12. The Balaban J connectivity index is 1.75. The second kappa shape index (κ2) is 7.67. The molecule has 0 aliphatic carbocycles. The van der Waals surface area contributed by atoms with Gasteiger partial charge in [-0.25, -0.2) is 4.98 Å². The van der Waals surface area contributed by atoms with Gasteiger partial charge >= 0.3 is 0 Å². The highest BCUT2D eigenvalue weighted by Gasteiger charge is 2.15. The van der Waals surface area contributed by atoms with E-state index in [9.17, 15) is 9.90 Å². The summed E-state index contributed by atoms with van der Waals surface area (Å²) >= 11 is 0. The molecule has 1 unspecified atom stereocenters. The van der Waals surface area contributed by atoms with Gasteiger partial charge in [-0.1, -0.05) is 30.3 Å². The lowest BCUT2D eigenvalue weighted by Gasteiger charge is -2.10. The van der Waals surface area contributed by atoms with E-state index in [2.05, 4.69) is 9.97 Å². The molecule has 0 bridgehead atoms. The highest BCUT2D eigenvalue weighted by Crippen LogP contribution is 2.30. The van der Waals surface area contributed by atoms with Gasteiger partial charge in [0.2, 0.25) is 0 Å². The van der Waals surface area contributed by atoms with Gasteiger partial charge in [-0.15, -0.1) is 0 Å². The number of aromatic amines is 1. The van der Waals surface area contributed by atoms with E-state index in [0.29, 0.717) is 16.8 Å². The van der Waals surface area contributed by atoms with E-state index < -0.39 is 6.10 Å². The van der Waals surface area contributed by atoms with Crippen molar-refractivity contribution in [3.05, 3.63) is 77.5 Å². The number of aliphatic hydroxyl groups excluding tert-OH is 2. The molecule has 0 saturated heterocycles. The van der Waals surface area contributed by atoms with Crippen molar-refractivity contribution >= 4 is 11.0 Å². The molecule has 2 heterocycles. The minimum atomic E-state index is -0.917. The number of fused-ring (bicyclic) bond motifs is 1. The number of para-hydroxylation sites is 1. The number of nitrogens with zero attached hydrogens (tertiary/aromatic N) is 2. The third kappa shape index (κ3) is 3.40. The minimum absolute atomic E-state index is 0.0140. The molecule has 0 spiro atoms. The number of rotatable bonds is 6. The lowest BCUT2D eigenvalue weighted by Crippen LogP contribution is -2.21. The average Bonchev–Trinajstić information content (AvgIpc) is 3.14. The van der Waals surface area contributed by atoms with Crippen LogP contribution in [0.25, 0.3) is 27.8 Å². The zero-order valence-electron chi connectivity index (χ0n) is 14.9. The van der Waals surface area contributed by atoms with Crippen molar-refractivity contribution < 1.29 is 14.9 Å². The largest absolute Gasteiger partial charge is 0.491 e. The van der Waals surface area contributed by atoms with Gasteiger partial charge in [-0.3, -0.25) is 4.79 Å². The van der Waals surface area contributed by atoms with Crippen molar-refractivity contribution in [1.29, 1.82) is 0 Å². The van der Waals surface area contributed by atoms with Crippen molar-refractivity contribution in [2.45, 2.75) is 6.10 Å². The summed E-state index contributed by atoms with van der Waals surface area (Å²) < 4.78 is 7.28. The van der Waals surface area contributed by atoms with Crippen LogP contribution in [0.1, 0.15) is 0 Å². The van der Waals surface area contributed by atoms with E-state index in [-0.39, 0.29) is 18.8 Å². The Morgan fingerprint density at radius 2 is 1.86 bits per heavy atom. The summed E-state index contributed by atoms with van der Waals surface area (Å²) in [7, 11) is 0. The van der Waals surface area contributed by atoms with Gasteiger partial charge in [0, 0.05) is 17.4 Å². The number of H-pyrrole nitrogens is 1. The second-order valence-electron chi connectivity index (χ2n) is 6.35. The Labute approximate surface area is 160 Å². The maximum Gasteiger partial charge on any atom is 0.275 e. The third-order valence-corrected chi connectivity index (χ3v) is 4.44. The van der Waals surface area contributed by atoms with Crippen molar-refractivity contribution in [3.8, 4) is 22.6 Å². The van der Waals surface area contributed by atoms with Gasteiger partial charge in [0.05, 0.1) is 12.9 Å². The highest BCUT2D eigenvalue weighted by atomic mass is 16.5. The molecule has 0 fully saturated rings. The molecule has 1 atom stereocenters. The molecule has 142 valence electrons. The first-order valence-electron chi connectivity index (χ1n) is 8.83. The molecule has 28 heavy (non-hydrogen) atoms. The monoisotopic (exact) mass is 377 g/mol. The molecule has 4 rings (SSSR count). The zero-order valence-corrected chi connectivity index (χ0v) is 14.9. The smallest absolute Gasteiger partial charge is 0.275 e. The number of hydrogen-bond acceptors (Lipinski definition) is 5. The van der Waals surface area contributed by atoms with Crippen LogP contribution in [-0.2, 0) is 0 Å². The number of aliphatic hydroxyl groups is 2. The molecular weight excluding hydrogens is 358 g/mol. The molecule has 0 aliphatic heterocycles. The fourth-order valence-electron chi connectivity index (χ4n) is 3.05. The van der Waals surface area contributed by atoms with Crippen molar-refractivity contribution in [2.75, 3.05) is 13.2 Å².